The lowest BCUT2D eigenvalue weighted by atomic mass is 9.94. The summed E-state index contributed by atoms with van der Waals surface area (Å²) in [7, 11) is 0. The molecule has 3 rings (SSSR count). The summed E-state index contributed by atoms with van der Waals surface area (Å²) >= 11 is 3.91. The smallest absolute Gasteiger partial charge is 0.254 e. The first-order chi connectivity index (χ1) is 8.24. The van der Waals surface area contributed by atoms with Gasteiger partial charge in [0.25, 0.3) is 5.91 Å². The third-order valence-corrected chi connectivity index (χ3v) is 5.49. The number of carbonyl (C=O) groups is 1. The van der Waals surface area contributed by atoms with Gasteiger partial charge in [-0.15, -0.1) is 11.3 Å². The molecule has 92 valence electrons. The van der Waals surface area contributed by atoms with Gasteiger partial charge in [-0.2, -0.15) is 0 Å². The molecule has 2 saturated heterocycles. The number of rotatable bonds is 1. The second-order valence-electron chi connectivity index (χ2n) is 4.81. The van der Waals surface area contributed by atoms with Crippen LogP contribution in [0.4, 0.5) is 0 Å². The molecular weight excluding hydrogens is 347 g/mol. The van der Waals surface area contributed by atoms with Crippen molar-refractivity contribution in [2.75, 3.05) is 19.6 Å². The predicted octanol–water partition coefficient (Wildman–Crippen LogP) is 2.18. The Kier molecular flexibility index (Phi) is 3.40. The van der Waals surface area contributed by atoms with Crippen LogP contribution in [0.1, 0.15) is 23.2 Å². The molecule has 1 N–H and O–H groups in total. The average molecular weight is 362 g/mol. The highest BCUT2D eigenvalue weighted by Gasteiger charge is 2.36. The summed E-state index contributed by atoms with van der Waals surface area (Å²) in [6.45, 7) is 2.93. The van der Waals surface area contributed by atoms with Gasteiger partial charge in [-0.25, -0.2) is 0 Å². The second kappa shape index (κ2) is 4.85. The van der Waals surface area contributed by atoms with Crippen LogP contribution in [0.3, 0.4) is 0 Å². The Bertz CT molecular complexity index is 420. The number of fused-ring (bicyclic) bond motifs is 1. The molecule has 0 aliphatic carbocycles. The first-order valence-electron chi connectivity index (χ1n) is 6.01. The molecule has 0 bridgehead atoms. The lowest BCUT2D eigenvalue weighted by Crippen LogP contribution is -2.41. The maximum Gasteiger partial charge on any atom is 0.254 e. The third kappa shape index (κ3) is 2.37. The molecule has 2 atom stereocenters. The quantitative estimate of drug-likeness (QED) is 0.777. The zero-order valence-electron chi connectivity index (χ0n) is 9.49. The van der Waals surface area contributed by atoms with Crippen molar-refractivity contribution < 1.29 is 4.79 Å². The Balaban J connectivity index is 1.71. The maximum absolute atomic E-state index is 12.3. The van der Waals surface area contributed by atoms with E-state index >= 15 is 0 Å². The van der Waals surface area contributed by atoms with Gasteiger partial charge in [0.15, 0.2) is 0 Å². The summed E-state index contributed by atoms with van der Waals surface area (Å²) in [5.41, 5.74) is 0.859. The van der Waals surface area contributed by atoms with Crippen LogP contribution in [0.15, 0.2) is 11.4 Å². The van der Waals surface area contributed by atoms with E-state index in [9.17, 15) is 4.79 Å². The Labute approximate surface area is 119 Å². The van der Waals surface area contributed by atoms with E-state index in [0.29, 0.717) is 12.0 Å². The van der Waals surface area contributed by atoms with E-state index in [1.807, 2.05) is 16.3 Å². The van der Waals surface area contributed by atoms with Crippen LogP contribution in [0.25, 0.3) is 0 Å². The summed E-state index contributed by atoms with van der Waals surface area (Å²) in [4.78, 5) is 14.3. The molecule has 17 heavy (non-hydrogen) atoms. The highest BCUT2D eigenvalue weighted by Crippen LogP contribution is 2.27. The number of nitrogens with zero attached hydrogens (tertiary/aromatic N) is 1. The van der Waals surface area contributed by atoms with Crippen molar-refractivity contribution in [2.24, 2.45) is 5.92 Å². The van der Waals surface area contributed by atoms with Crippen molar-refractivity contribution in [1.82, 2.24) is 10.2 Å². The highest BCUT2D eigenvalue weighted by atomic mass is 127. The lowest BCUT2D eigenvalue weighted by molar-refractivity contribution is 0.0786. The summed E-state index contributed by atoms with van der Waals surface area (Å²) < 4.78 is 1.18. The van der Waals surface area contributed by atoms with E-state index in [0.717, 1.165) is 25.2 Å². The normalized spacial score (nSPS) is 28.2. The number of amides is 1. The summed E-state index contributed by atoms with van der Waals surface area (Å²) in [5.74, 6) is 0.880. The molecule has 0 radical (unpaired) electrons. The number of nitrogens with one attached hydrogen (secondary N) is 1. The summed E-state index contributed by atoms with van der Waals surface area (Å²) in [6, 6.07) is 2.52. The van der Waals surface area contributed by atoms with Gasteiger partial charge >= 0.3 is 0 Å². The van der Waals surface area contributed by atoms with Gasteiger partial charge in [0.1, 0.15) is 0 Å². The molecule has 0 spiro atoms. The maximum atomic E-state index is 12.3. The van der Waals surface area contributed by atoms with Crippen molar-refractivity contribution in [2.45, 2.75) is 18.9 Å². The zero-order chi connectivity index (χ0) is 11.8. The van der Waals surface area contributed by atoms with Gasteiger partial charge in [0, 0.05) is 24.5 Å². The number of hydrogen-bond donors (Lipinski definition) is 1. The molecule has 1 aromatic heterocycles. The Morgan fingerprint density at radius 1 is 1.53 bits per heavy atom. The molecule has 3 heterocycles. The number of likely N-dealkylation sites (tertiary alicyclic amines) is 1. The Morgan fingerprint density at radius 2 is 2.41 bits per heavy atom. The third-order valence-electron chi connectivity index (χ3n) is 3.70. The molecule has 1 amide bonds. The first-order valence-corrected chi connectivity index (χ1v) is 7.96. The molecule has 2 fully saturated rings. The van der Waals surface area contributed by atoms with Crippen LogP contribution >= 0.6 is 33.9 Å². The summed E-state index contributed by atoms with van der Waals surface area (Å²) in [6.07, 6.45) is 2.52. The van der Waals surface area contributed by atoms with E-state index in [-0.39, 0.29) is 5.91 Å². The van der Waals surface area contributed by atoms with Crippen molar-refractivity contribution in [1.29, 1.82) is 0 Å². The number of halogens is 1. The van der Waals surface area contributed by atoms with Crippen LogP contribution in [-0.4, -0.2) is 36.5 Å². The van der Waals surface area contributed by atoms with Crippen molar-refractivity contribution in [3.8, 4) is 0 Å². The number of thiophene rings is 1. The minimum atomic E-state index is 0.209. The van der Waals surface area contributed by atoms with Crippen molar-refractivity contribution in [3.63, 3.8) is 0 Å². The SMILES string of the molecule is O=C(c1csc(I)c1)N1C[C@@H]2CCCN[C@@H]2C1. The van der Waals surface area contributed by atoms with Crippen LogP contribution in [0, 0.1) is 8.80 Å². The fourth-order valence-electron chi connectivity index (χ4n) is 2.82. The molecule has 0 unspecified atom stereocenters. The van der Waals surface area contributed by atoms with E-state index in [2.05, 4.69) is 27.9 Å². The van der Waals surface area contributed by atoms with Gasteiger partial charge in [0.2, 0.25) is 0 Å². The fraction of sp³-hybridized carbons (Fsp3) is 0.583. The number of carbonyl (C=O) groups excluding carboxylic acids is 1. The average Bonchev–Trinajstić information content (AvgIpc) is 2.93. The lowest BCUT2D eigenvalue weighted by Gasteiger charge is -2.24. The minimum absolute atomic E-state index is 0.209. The topological polar surface area (TPSA) is 32.3 Å². The van der Waals surface area contributed by atoms with Gasteiger partial charge in [-0.3, -0.25) is 4.79 Å². The number of hydrogen-bond acceptors (Lipinski definition) is 3. The molecule has 5 heteroatoms. The predicted molar refractivity (Wildman–Crippen MR) is 77.5 cm³/mol. The van der Waals surface area contributed by atoms with E-state index in [1.165, 1.54) is 15.7 Å². The first kappa shape index (κ1) is 11.9. The van der Waals surface area contributed by atoms with E-state index in [1.54, 1.807) is 11.3 Å². The largest absolute Gasteiger partial charge is 0.337 e. The standard InChI is InChI=1S/C12H15IN2OS/c13-11-4-9(7-17-11)12(16)15-5-8-2-1-3-14-10(8)6-15/h4,7-8,10,14H,1-3,5-6H2/t8-,10+/m0/s1. The molecular formula is C12H15IN2OS. The molecule has 0 saturated carbocycles. The van der Waals surface area contributed by atoms with Crippen LogP contribution in [-0.2, 0) is 0 Å². The number of piperidine rings is 1. The fourth-order valence-corrected chi connectivity index (χ4v) is 4.14. The molecule has 2 aliphatic rings. The summed E-state index contributed by atoms with van der Waals surface area (Å²) in [5, 5.41) is 5.50. The molecule has 1 aromatic rings. The van der Waals surface area contributed by atoms with Crippen LogP contribution < -0.4 is 5.32 Å². The van der Waals surface area contributed by atoms with E-state index in [4.69, 9.17) is 0 Å². The molecule has 3 nitrogen and oxygen atoms in total. The van der Waals surface area contributed by atoms with E-state index < -0.39 is 0 Å². The minimum Gasteiger partial charge on any atom is -0.337 e. The Morgan fingerprint density at radius 3 is 3.12 bits per heavy atom. The Hall–Kier alpha value is -0.140. The van der Waals surface area contributed by atoms with Crippen molar-refractivity contribution >= 4 is 39.8 Å². The van der Waals surface area contributed by atoms with Gasteiger partial charge < -0.3 is 10.2 Å². The molecule has 2 aliphatic heterocycles. The van der Waals surface area contributed by atoms with Crippen LogP contribution in [0.2, 0.25) is 0 Å². The second-order valence-corrected chi connectivity index (χ2v) is 7.62. The van der Waals surface area contributed by atoms with Gasteiger partial charge in [0.05, 0.1) is 8.45 Å². The van der Waals surface area contributed by atoms with Gasteiger partial charge in [-0.05, 0) is 54.0 Å². The zero-order valence-corrected chi connectivity index (χ0v) is 12.5. The highest BCUT2D eigenvalue weighted by molar-refractivity contribution is 14.1. The molecule has 0 aromatic carbocycles. The van der Waals surface area contributed by atoms with Crippen molar-refractivity contribution in [3.05, 3.63) is 19.9 Å². The van der Waals surface area contributed by atoms with Crippen LogP contribution in [0.5, 0.6) is 0 Å². The monoisotopic (exact) mass is 362 g/mol. The van der Waals surface area contributed by atoms with Gasteiger partial charge in [-0.1, -0.05) is 0 Å².